The second-order valence-electron chi connectivity index (χ2n) is 7.52. The lowest BCUT2D eigenvalue weighted by Crippen LogP contribution is -2.55. The van der Waals surface area contributed by atoms with Crippen LogP contribution >= 0.6 is 0 Å². The molecule has 1 spiro atoms. The summed E-state index contributed by atoms with van der Waals surface area (Å²) in [5, 5.41) is 0. The highest BCUT2D eigenvalue weighted by atomic mass is 16.2. The lowest BCUT2D eigenvalue weighted by molar-refractivity contribution is -0.142. The molecular formula is C18H26N4O4. The molecule has 0 aliphatic carbocycles. The molecule has 142 valence electrons. The summed E-state index contributed by atoms with van der Waals surface area (Å²) >= 11 is 0. The number of nitrogens with zero attached hydrogens (tertiary/aromatic N) is 2. The van der Waals surface area contributed by atoms with Gasteiger partial charge in [-0.25, -0.2) is 4.79 Å². The first-order valence-corrected chi connectivity index (χ1v) is 9.21. The molecule has 3 rings (SSSR count). The number of amides is 2. The maximum Gasteiger partial charge on any atom is 0.325 e. The second-order valence-corrected chi connectivity index (χ2v) is 7.52. The van der Waals surface area contributed by atoms with Gasteiger partial charge in [0.1, 0.15) is 0 Å². The minimum absolute atomic E-state index is 0.0234. The number of piperidine rings is 2. The fourth-order valence-corrected chi connectivity index (χ4v) is 4.25. The number of hydrogen-bond acceptors (Lipinski definition) is 4. The Morgan fingerprint density at radius 1 is 1.15 bits per heavy atom. The Kier molecular flexibility index (Phi) is 5.02. The van der Waals surface area contributed by atoms with Crippen LogP contribution in [0.1, 0.15) is 43.9 Å². The summed E-state index contributed by atoms with van der Waals surface area (Å²) < 4.78 is 0. The molecule has 1 aromatic heterocycles. The molecule has 8 nitrogen and oxygen atoms in total. The summed E-state index contributed by atoms with van der Waals surface area (Å²) in [5.74, 6) is 0.0849. The van der Waals surface area contributed by atoms with E-state index in [1.807, 2.05) is 16.7 Å². The smallest absolute Gasteiger partial charge is 0.325 e. The molecule has 3 heterocycles. The van der Waals surface area contributed by atoms with Crippen LogP contribution in [0.2, 0.25) is 0 Å². The van der Waals surface area contributed by atoms with E-state index in [0.29, 0.717) is 43.9 Å². The Hall–Kier alpha value is -2.38. The zero-order valence-electron chi connectivity index (χ0n) is 15.4. The molecule has 0 saturated carbocycles. The van der Waals surface area contributed by atoms with E-state index in [1.54, 1.807) is 6.92 Å². The molecule has 2 amide bonds. The molecular weight excluding hydrogens is 336 g/mol. The molecule has 2 saturated heterocycles. The third kappa shape index (κ3) is 3.59. The maximum absolute atomic E-state index is 12.8. The molecule has 1 unspecified atom stereocenters. The van der Waals surface area contributed by atoms with E-state index in [9.17, 15) is 19.2 Å². The van der Waals surface area contributed by atoms with Gasteiger partial charge < -0.3 is 14.8 Å². The van der Waals surface area contributed by atoms with Crippen molar-refractivity contribution in [1.29, 1.82) is 0 Å². The molecule has 0 bridgehead atoms. The number of carbonyl (C=O) groups is 2. The second kappa shape index (κ2) is 7.09. The van der Waals surface area contributed by atoms with Gasteiger partial charge in [0.05, 0.1) is 6.42 Å². The minimum atomic E-state index is -0.563. The molecule has 2 fully saturated rings. The normalized spacial score (nSPS) is 23.5. The van der Waals surface area contributed by atoms with Gasteiger partial charge in [0.2, 0.25) is 11.8 Å². The van der Waals surface area contributed by atoms with Crippen LogP contribution in [-0.2, 0) is 16.0 Å². The third-order valence-corrected chi connectivity index (χ3v) is 5.73. The van der Waals surface area contributed by atoms with Crippen molar-refractivity contribution in [2.24, 2.45) is 5.41 Å². The van der Waals surface area contributed by atoms with E-state index in [1.165, 1.54) is 0 Å². The predicted octanol–water partition coefficient (Wildman–Crippen LogP) is 0.165. The molecule has 8 heteroatoms. The van der Waals surface area contributed by atoms with Crippen molar-refractivity contribution in [2.45, 2.75) is 46.0 Å². The average molecular weight is 362 g/mol. The monoisotopic (exact) mass is 362 g/mol. The van der Waals surface area contributed by atoms with Crippen LogP contribution < -0.4 is 11.2 Å². The number of rotatable bonds is 3. The van der Waals surface area contributed by atoms with Crippen LogP contribution in [0, 0.1) is 12.3 Å². The van der Waals surface area contributed by atoms with Gasteiger partial charge in [0, 0.05) is 49.3 Å². The van der Waals surface area contributed by atoms with Gasteiger partial charge in [-0.1, -0.05) is 0 Å². The first-order valence-electron chi connectivity index (χ1n) is 9.21. The van der Waals surface area contributed by atoms with E-state index >= 15 is 0 Å². The van der Waals surface area contributed by atoms with Crippen LogP contribution in [0.15, 0.2) is 9.59 Å². The lowest BCUT2D eigenvalue weighted by atomic mass is 9.73. The van der Waals surface area contributed by atoms with Crippen molar-refractivity contribution in [3.63, 3.8) is 0 Å². The van der Waals surface area contributed by atoms with Gasteiger partial charge in [-0.2, -0.15) is 0 Å². The number of carbonyl (C=O) groups excluding carboxylic acids is 2. The summed E-state index contributed by atoms with van der Waals surface area (Å²) in [4.78, 5) is 56.5. The van der Waals surface area contributed by atoms with Gasteiger partial charge in [-0.15, -0.1) is 0 Å². The fourth-order valence-electron chi connectivity index (χ4n) is 4.25. The summed E-state index contributed by atoms with van der Waals surface area (Å²) in [6.07, 6.45) is 3.24. The topological polar surface area (TPSA) is 106 Å². The highest BCUT2D eigenvalue weighted by molar-refractivity contribution is 5.79. The SMILES string of the molecule is CCN1CC2(CCCN(C(=O)Cc3c(C)[nH]c(=O)[nH]c3=O)C2)CCC1=O. The van der Waals surface area contributed by atoms with Crippen LogP contribution in [0.4, 0.5) is 0 Å². The van der Waals surface area contributed by atoms with Crippen molar-refractivity contribution in [3.8, 4) is 0 Å². The van der Waals surface area contributed by atoms with Crippen molar-refractivity contribution in [2.75, 3.05) is 26.2 Å². The number of aromatic amines is 2. The van der Waals surface area contributed by atoms with Crippen molar-refractivity contribution in [3.05, 3.63) is 32.1 Å². The van der Waals surface area contributed by atoms with Crippen LogP contribution in [0.25, 0.3) is 0 Å². The molecule has 2 N–H and O–H groups in total. The minimum Gasteiger partial charge on any atom is -0.342 e. The van der Waals surface area contributed by atoms with Crippen LogP contribution in [0.3, 0.4) is 0 Å². The number of hydrogen-bond donors (Lipinski definition) is 2. The molecule has 1 atom stereocenters. The highest BCUT2D eigenvalue weighted by Crippen LogP contribution is 2.38. The summed E-state index contributed by atoms with van der Waals surface area (Å²) in [6, 6.07) is 0. The summed E-state index contributed by atoms with van der Waals surface area (Å²) in [7, 11) is 0. The molecule has 0 radical (unpaired) electrons. The average Bonchev–Trinajstić information content (AvgIpc) is 2.60. The molecule has 2 aliphatic heterocycles. The molecule has 26 heavy (non-hydrogen) atoms. The van der Waals surface area contributed by atoms with Crippen molar-refractivity contribution >= 4 is 11.8 Å². The van der Waals surface area contributed by atoms with Gasteiger partial charge in [0.15, 0.2) is 0 Å². The zero-order chi connectivity index (χ0) is 18.9. The van der Waals surface area contributed by atoms with E-state index in [2.05, 4.69) is 9.97 Å². The van der Waals surface area contributed by atoms with E-state index in [0.717, 1.165) is 19.3 Å². The Bertz CT molecular complexity index is 827. The standard InChI is InChI=1S/C18H26N4O4/c1-3-21-10-18(7-5-14(21)23)6-4-8-22(11-18)15(24)9-13-12(2)19-17(26)20-16(13)25/h3-11H2,1-2H3,(H2,19,20,25,26). The Morgan fingerprint density at radius 3 is 2.62 bits per heavy atom. The zero-order valence-corrected chi connectivity index (χ0v) is 15.4. The quantitative estimate of drug-likeness (QED) is 0.799. The Labute approximate surface area is 151 Å². The van der Waals surface area contributed by atoms with E-state index < -0.39 is 11.2 Å². The lowest BCUT2D eigenvalue weighted by Gasteiger charge is -2.48. The predicted molar refractivity (Wildman–Crippen MR) is 95.9 cm³/mol. The largest absolute Gasteiger partial charge is 0.342 e. The number of nitrogens with one attached hydrogen (secondary N) is 2. The number of H-pyrrole nitrogens is 2. The maximum atomic E-state index is 12.8. The number of likely N-dealkylation sites (tertiary alicyclic amines) is 2. The van der Waals surface area contributed by atoms with E-state index in [4.69, 9.17) is 0 Å². The van der Waals surface area contributed by atoms with Gasteiger partial charge in [-0.3, -0.25) is 19.4 Å². The van der Waals surface area contributed by atoms with Gasteiger partial charge in [-0.05, 0) is 33.1 Å². The van der Waals surface area contributed by atoms with Crippen LogP contribution in [0.5, 0.6) is 0 Å². The summed E-state index contributed by atoms with van der Waals surface area (Å²) in [6.45, 7) is 6.29. The Balaban J connectivity index is 1.74. The summed E-state index contributed by atoms with van der Waals surface area (Å²) in [5.41, 5.74) is -0.369. The van der Waals surface area contributed by atoms with Crippen molar-refractivity contribution < 1.29 is 9.59 Å². The van der Waals surface area contributed by atoms with E-state index in [-0.39, 0.29) is 23.7 Å². The highest BCUT2D eigenvalue weighted by Gasteiger charge is 2.42. The Morgan fingerprint density at radius 2 is 1.92 bits per heavy atom. The first-order chi connectivity index (χ1) is 12.3. The van der Waals surface area contributed by atoms with Gasteiger partial charge >= 0.3 is 5.69 Å². The molecule has 0 aromatic carbocycles. The number of aromatic nitrogens is 2. The fraction of sp³-hybridized carbons (Fsp3) is 0.667. The van der Waals surface area contributed by atoms with Crippen LogP contribution in [-0.4, -0.2) is 57.8 Å². The molecule has 1 aromatic rings. The van der Waals surface area contributed by atoms with Crippen molar-refractivity contribution in [1.82, 2.24) is 19.8 Å². The van der Waals surface area contributed by atoms with Gasteiger partial charge in [0.25, 0.3) is 5.56 Å². The number of aryl methyl sites for hydroxylation is 1. The third-order valence-electron chi connectivity index (χ3n) is 5.73. The molecule has 2 aliphatic rings. The first kappa shape index (κ1) is 18.4.